The topological polar surface area (TPSA) is 33.1 Å². The molecule has 0 aliphatic rings. The zero-order valence-electron chi connectivity index (χ0n) is 11.1. The van der Waals surface area contributed by atoms with Crippen LogP contribution in [0.2, 0.25) is 0 Å². The van der Waals surface area contributed by atoms with Crippen LogP contribution in [-0.2, 0) is 6.42 Å². The molecule has 0 saturated heterocycles. The van der Waals surface area contributed by atoms with Gasteiger partial charge in [0.2, 0.25) is 0 Å². The van der Waals surface area contributed by atoms with Gasteiger partial charge in [-0.3, -0.25) is 4.98 Å². The maximum absolute atomic E-state index is 10.2. The summed E-state index contributed by atoms with van der Waals surface area (Å²) in [7, 11) is 0. The number of aromatic nitrogens is 1. The molecule has 1 unspecified atom stereocenters. The quantitative estimate of drug-likeness (QED) is 0.894. The fraction of sp³-hybridized carbons (Fsp3) is 0.312. The van der Waals surface area contributed by atoms with E-state index in [1.54, 1.807) is 6.20 Å². The normalized spacial score (nSPS) is 12.4. The maximum atomic E-state index is 10.2. The van der Waals surface area contributed by atoms with E-state index in [4.69, 9.17) is 0 Å². The Morgan fingerprint density at radius 2 is 1.83 bits per heavy atom. The van der Waals surface area contributed by atoms with E-state index < -0.39 is 6.10 Å². The van der Waals surface area contributed by atoms with Crippen molar-refractivity contribution in [3.63, 3.8) is 0 Å². The molecule has 2 heteroatoms. The molecule has 0 aliphatic heterocycles. The molecule has 1 atom stereocenters. The van der Waals surface area contributed by atoms with Crippen molar-refractivity contribution in [1.29, 1.82) is 0 Å². The van der Waals surface area contributed by atoms with Gasteiger partial charge in [-0.15, -0.1) is 0 Å². The summed E-state index contributed by atoms with van der Waals surface area (Å²) in [6, 6.07) is 10.2. The van der Waals surface area contributed by atoms with E-state index in [1.165, 1.54) is 11.1 Å². The summed E-state index contributed by atoms with van der Waals surface area (Å²) in [6.07, 6.45) is 1.90. The van der Waals surface area contributed by atoms with Crippen LogP contribution >= 0.6 is 0 Å². The Hall–Kier alpha value is -1.67. The van der Waals surface area contributed by atoms with Gasteiger partial charge in [-0.1, -0.05) is 24.3 Å². The van der Waals surface area contributed by atoms with Gasteiger partial charge in [0.1, 0.15) is 0 Å². The summed E-state index contributed by atoms with van der Waals surface area (Å²) in [5.74, 6) is 0. The lowest BCUT2D eigenvalue weighted by molar-refractivity contribution is 0.178. The molecular formula is C16H19NO. The molecule has 0 fully saturated rings. The van der Waals surface area contributed by atoms with E-state index in [9.17, 15) is 5.11 Å². The highest BCUT2D eigenvalue weighted by molar-refractivity contribution is 5.31. The lowest BCUT2D eigenvalue weighted by atomic mass is 9.99. The predicted molar refractivity (Wildman–Crippen MR) is 73.6 cm³/mol. The Bertz CT molecular complexity index is 531. The molecule has 1 heterocycles. The standard InChI is InChI=1S/C16H19NO/c1-11-4-6-14(8-12(11)2)9-16(18)15-7-5-13(3)17-10-15/h4-8,10,16,18H,9H2,1-3H3. The van der Waals surface area contributed by atoms with Crippen LogP contribution < -0.4 is 0 Å². The van der Waals surface area contributed by atoms with Gasteiger partial charge in [0.25, 0.3) is 0 Å². The van der Waals surface area contributed by atoms with Crippen LogP contribution in [0, 0.1) is 20.8 Å². The third-order valence-corrected chi connectivity index (χ3v) is 3.32. The second-order valence-corrected chi connectivity index (χ2v) is 4.87. The van der Waals surface area contributed by atoms with Gasteiger partial charge in [-0.25, -0.2) is 0 Å². The number of rotatable bonds is 3. The highest BCUT2D eigenvalue weighted by Crippen LogP contribution is 2.19. The zero-order valence-corrected chi connectivity index (χ0v) is 11.1. The molecule has 2 aromatic rings. The number of aryl methyl sites for hydroxylation is 3. The predicted octanol–water partition coefficient (Wildman–Crippen LogP) is 3.28. The number of aliphatic hydroxyl groups is 1. The molecule has 18 heavy (non-hydrogen) atoms. The van der Waals surface area contributed by atoms with Crippen molar-refractivity contribution in [3.8, 4) is 0 Å². The number of hydrogen-bond acceptors (Lipinski definition) is 2. The van der Waals surface area contributed by atoms with Crippen LogP contribution in [0.15, 0.2) is 36.5 Å². The van der Waals surface area contributed by atoms with Crippen molar-refractivity contribution in [2.24, 2.45) is 0 Å². The van der Waals surface area contributed by atoms with Gasteiger partial charge in [-0.2, -0.15) is 0 Å². The molecular weight excluding hydrogens is 222 g/mol. The van der Waals surface area contributed by atoms with E-state index in [0.29, 0.717) is 6.42 Å². The van der Waals surface area contributed by atoms with Crippen molar-refractivity contribution in [1.82, 2.24) is 4.98 Å². The minimum absolute atomic E-state index is 0.486. The average molecular weight is 241 g/mol. The smallest absolute Gasteiger partial charge is 0.0845 e. The molecule has 1 aromatic carbocycles. The molecule has 0 aliphatic carbocycles. The molecule has 0 amide bonds. The van der Waals surface area contributed by atoms with E-state index in [-0.39, 0.29) is 0 Å². The monoisotopic (exact) mass is 241 g/mol. The van der Waals surface area contributed by atoms with Crippen LogP contribution in [0.1, 0.15) is 34.1 Å². The highest BCUT2D eigenvalue weighted by Gasteiger charge is 2.09. The molecule has 1 N–H and O–H groups in total. The van der Waals surface area contributed by atoms with Crippen molar-refractivity contribution in [2.45, 2.75) is 33.3 Å². The first-order valence-electron chi connectivity index (χ1n) is 6.23. The molecule has 94 valence electrons. The minimum Gasteiger partial charge on any atom is -0.388 e. The molecule has 2 rings (SSSR count). The number of nitrogens with zero attached hydrogens (tertiary/aromatic N) is 1. The second kappa shape index (κ2) is 5.32. The maximum Gasteiger partial charge on any atom is 0.0845 e. The highest BCUT2D eigenvalue weighted by atomic mass is 16.3. The Morgan fingerprint density at radius 1 is 1.06 bits per heavy atom. The number of benzene rings is 1. The van der Waals surface area contributed by atoms with Crippen molar-refractivity contribution < 1.29 is 5.11 Å². The first-order valence-corrected chi connectivity index (χ1v) is 6.23. The Morgan fingerprint density at radius 3 is 2.44 bits per heavy atom. The Labute approximate surface area is 108 Å². The number of pyridine rings is 1. The Balaban J connectivity index is 2.13. The van der Waals surface area contributed by atoms with Crippen molar-refractivity contribution in [2.75, 3.05) is 0 Å². The van der Waals surface area contributed by atoms with Crippen LogP contribution in [-0.4, -0.2) is 10.1 Å². The first-order chi connectivity index (χ1) is 8.56. The molecule has 0 bridgehead atoms. The van der Waals surface area contributed by atoms with Gasteiger partial charge >= 0.3 is 0 Å². The number of aliphatic hydroxyl groups excluding tert-OH is 1. The minimum atomic E-state index is -0.486. The van der Waals surface area contributed by atoms with Crippen molar-refractivity contribution >= 4 is 0 Å². The molecule has 1 aromatic heterocycles. The van der Waals surface area contributed by atoms with E-state index in [0.717, 1.165) is 16.8 Å². The Kier molecular flexibility index (Phi) is 3.78. The van der Waals surface area contributed by atoms with Crippen LogP contribution in [0.5, 0.6) is 0 Å². The van der Waals surface area contributed by atoms with Crippen molar-refractivity contribution in [3.05, 3.63) is 64.5 Å². The van der Waals surface area contributed by atoms with E-state index >= 15 is 0 Å². The summed E-state index contributed by atoms with van der Waals surface area (Å²) in [5.41, 5.74) is 5.55. The molecule has 0 saturated carbocycles. The summed E-state index contributed by atoms with van der Waals surface area (Å²) >= 11 is 0. The largest absolute Gasteiger partial charge is 0.388 e. The van der Waals surface area contributed by atoms with Gasteiger partial charge < -0.3 is 5.11 Å². The van der Waals surface area contributed by atoms with Gasteiger partial charge in [0.15, 0.2) is 0 Å². The summed E-state index contributed by atoms with van der Waals surface area (Å²) in [5, 5.41) is 10.2. The lowest BCUT2D eigenvalue weighted by Gasteiger charge is -2.12. The second-order valence-electron chi connectivity index (χ2n) is 4.87. The van der Waals surface area contributed by atoms with Gasteiger partial charge in [-0.05, 0) is 49.1 Å². The molecule has 0 radical (unpaired) electrons. The summed E-state index contributed by atoms with van der Waals surface area (Å²) in [6.45, 7) is 6.14. The molecule has 0 spiro atoms. The average Bonchev–Trinajstić information content (AvgIpc) is 2.34. The van der Waals surface area contributed by atoms with E-state index in [1.807, 2.05) is 19.1 Å². The summed E-state index contributed by atoms with van der Waals surface area (Å²) < 4.78 is 0. The molecule has 2 nitrogen and oxygen atoms in total. The van der Waals surface area contributed by atoms with Crippen LogP contribution in [0.3, 0.4) is 0 Å². The fourth-order valence-electron chi connectivity index (χ4n) is 1.95. The van der Waals surface area contributed by atoms with Crippen LogP contribution in [0.25, 0.3) is 0 Å². The third kappa shape index (κ3) is 2.96. The SMILES string of the molecule is Cc1ccc(C(O)Cc2ccc(C)c(C)c2)cn1. The lowest BCUT2D eigenvalue weighted by Crippen LogP contribution is -2.03. The summed E-state index contributed by atoms with van der Waals surface area (Å²) in [4.78, 5) is 4.21. The number of hydrogen-bond donors (Lipinski definition) is 1. The zero-order chi connectivity index (χ0) is 13.1. The third-order valence-electron chi connectivity index (χ3n) is 3.32. The first kappa shape index (κ1) is 12.8. The van der Waals surface area contributed by atoms with Crippen LogP contribution in [0.4, 0.5) is 0 Å². The van der Waals surface area contributed by atoms with Gasteiger partial charge in [0, 0.05) is 18.3 Å². The van der Waals surface area contributed by atoms with Gasteiger partial charge in [0.05, 0.1) is 6.10 Å². The fourth-order valence-corrected chi connectivity index (χ4v) is 1.95. The van der Waals surface area contributed by atoms with E-state index in [2.05, 4.69) is 37.0 Å².